The van der Waals surface area contributed by atoms with Crippen LogP contribution in [0.15, 0.2) is 59.1 Å². The third kappa shape index (κ3) is 2.00. The van der Waals surface area contributed by atoms with Crippen LogP contribution in [-0.2, 0) is 0 Å². The molecule has 0 spiro atoms. The summed E-state index contributed by atoms with van der Waals surface area (Å²) in [5.41, 5.74) is 4.60. The molecule has 0 saturated heterocycles. The number of rotatable bonds is 2. The molecule has 4 rings (SSSR count). The van der Waals surface area contributed by atoms with E-state index in [9.17, 15) is 0 Å². The fourth-order valence-corrected chi connectivity index (χ4v) is 2.55. The van der Waals surface area contributed by atoms with E-state index in [0.29, 0.717) is 5.89 Å². The van der Waals surface area contributed by atoms with Crippen molar-refractivity contribution in [2.24, 2.45) is 0 Å². The van der Waals surface area contributed by atoms with Gasteiger partial charge in [0.2, 0.25) is 5.89 Å². The van der Waals surface area contributed by atoms with Crippen LogP contribution < -0.4 is 4.90 Å². The monoisotopic (exact) mass is 289 g/mol. The molecule has 0 aliphatic carbocycles. The predicted molar refractivity (Wildman–Crippen MR) is 89.1 cm³/mol. The van der Waals surface area contributed by atoms with Gasteiger partial charge in [-0.1, -0.05) is 12.1 Å². The smallest absolute Gasteiger partial charge is 0.227 e. The molecule has 4 nitrogen and oxygen atoms in total. The number of benzene rings is 2. The minimum atomic E-state index is 0.624. The van der Waals surface area contributed by atoms with Gasteiger partial charge >= 0.3 is 0 Å². The summed E-state index contributed by atoms with van der Waals surface area (Å²) in [5.74, 6) is 0.624. The minimum Gasteiger partial charge on any atom is -0.435 e. The number of hydrogen-bond acceptors (Lipinski definition) is 4. The molecule has 0 fully saturated rings. The molecule has 22 heavy (non-hydrogen) atoms. The van der Waals surface area contributed by atoms with Gasteiger partial charge in [0.25, 0.3) is 0 Å². The van der Waals surface area contributed by atoms with Gasteiger partial charge in [-0.25, -0.2) is 4.98 Å². The molecule has 2 heterocycles. The van der Waals surface area contributed by atoms with Crippen LogP contribution in [0, 0.1) is 0 Å². The number of aromatic nitrogens is 2. The van der Waals surface area contributed by atoms with Crippen molar-refractivity contribution in [3.63, 3.8) is 0 Å². The van der Waals surface area contributed by atoms with E-state index in [0.717, 1.165) is 33.3 Å². The lowest BCUT2D eigenvalue weighted by Crippen LogP contribution is -2.07. The highest BCUT2D eigenvalue weighted by molar-refractivity contribution is 6.00. The number of nitrogens with zero attached hydrogens (tertiary/aromatic N) is 3. The van der Waals surface area contributed by atoms with Crippen molar-refractivity contribution in [2.45, 2.75) is 0 Å². The highest BCUT2D eigenvalue weighted by Gasteiger charge is 2.11. The highest BCUT2D eigenvalue weighted by Crippen LogP contribution is 2.29. The second-order valence-corrected chi connectivity index (χ2v) is 5.45. The van der Waals surface area contributed by atoms with Crippen LogP contribution in [0.4, 0.5) is 5.69 Å². The zero-order valence-corrected chi connectivity index (χ0v) is 12.4. The van der Waals surface area contributed by atoms with Crippen molar-refractivity contribution in [1.29, 1.82) is 0 Å². The minimum absolute atomic E-state index is 0.624. The summed E-state index contributed by atoms with van der Waals surface area (Å²) in [6.07, 6.45) is 1.76. The SMILES string of the molecule is CN(C)c1ccc(-c2nc3cnc4ccccc4c3o2)cc1. The van der Waals surface area contributed by atoms with E-state index < -0.39 is 0 Å². The van der Waals surface area contributed by atoms with E-state index in [1.807, 2.05) is 50.5 Å². The Labute approximate surface area is 128 Å². The highest BCUT2D eigenvalue weighted by atomic mass is 16.3. The third-order valence-corrected chi connectivity index (χ3v) is 3.76. The van der Waals surface area contributed by atoms with Crippen LogP contribution in [0.2, 0.25) is 0 Å². The molecule has 0 aliphatic rings. The number of para-hydroxylation sites is 1. The lowest BCUT2D eigenvalue weighted by molar-refractivity contribution is 0.623. The van der Waals surface area contributed by atoms with E-state index in [1.165, 1.54) is 0 Å². The molecule has 4 aromatic rings. The Morgan fingerprint density at radius 3 is 2.45 bits per heavy atom. The van der Waals surface area contributed by atoms with Crippen molar-refractivity contribution in [3.8, 4) is 11.5 Å². The van der Waals surface area contributed by atoms with Gasteiger partial charge in [-0.15, -0.1) is 0 Å². The number of hydrogen-bond donors (Lipinski definition) is 0. The topological polar surface area (TPSA) is 42.2 Å². The molecule has 0 radical (unpaired) electrons. The normalized spacial score (nSPS) is 11.2. The second-order valence-electron chi connectivity index (χ2n) is 5.45. The van der Waals surface area contributed by atoms with Crippen molar-refractivity contribution in [1.82, 2.24) is 9.97 Å². The first-order chi connectivity index (χ1) is 10.7. The lowest BCUT2D eigenvalue weighted by atomic mass is 10.2. The van der Waals surface area contributed by atoms with Gasteiger partial charge in [-0.2, -0.15) is 0 Å². The number of pyridine rings is 1. The first-order valence-corrected chi connectivity index (χ1v) is 7.14. The molecule has 0 aliphatic heterocycles. The molecule has 108 valence electrons. The molecular formula is C18H15N3O. The van der Waals surface area contributed by atoms with E-state index in [1.54, 1.807) is 6.20 Å². The average Bonchev–Trinajstić information content (AvgIpc) is 2.99. The van der Waals surface area contributed by atoms with Gasteiger partial charge in [0.1, 0.15) is 5.52 Å². The van der Waals surface area contributed by atoms with E-state index in [-0.39, 0.29) is 0 Å². The van der Waals surface area contributed by atoms with Gasteiger partial charge in [-0.3, -0.25) is 4.98 Å². The number of anilines is 1. The summed E-state index contributed by atoms with van der Waals surface area (Å²) in [6, 6.07) is 16.1. The number of fused-ring (bicyclic) bond motifs is 3. The third-order valence-electron chi connectivity index (χ3n) is 3.76. The van der Waals surface area contributed by atoms with E-state index in [4.69, 9.17) is 4.42 Å². The molecular weight excluding hydrogens is 274 g/mol. The molecule has 4 heteroatoms. The van der Waals surface area contributed by atoms with Gasteiger partial charge in [0.05, 0.1) is 11.7 Å². The van der Waals surface area contributed by atoms with Crippen molar-refractivity contribution in [3.05, 3.63) is 54.7 Å². The zero-order valence-electron chi connectivity index (χ0n) is 12.4. The van der Waals surface area contributed by atoms with Crippen molar-refractivity contribution >= 4 is 27.7 Å². The fourth-order valence-electron chi connectivity index (χ4n) is 2.55. The first-order valence-electron chi connectivity index (χ1n) is 7.14. The van der Waals surface area contributed by atoms with E-state index in [2.05, 4.69) is 27.0 Å². The standard InChI is InChI=1S/C18H15N3O/c1-21(2)13-9-7-12(8-10-13)18-20-16-11-19-15-6-4-3-5-14(15)17(16)22-18/h3-11H,1-2H3. The lowest BCUT2D eigenvalue weighted by Gasteiger charge is -2.11. The van der Waals surface area contributed by atoms with Gasteiger partial charge in [0.15, 0.2) is 5.58 Å². The van der Waals surface area contributed by atoms with Gasteiger partial charge in [-0.05, 0) is 36.4 Å². The van der Waals surface area contributed by atoms with E-state index >= 15 is 0 Å². The summed E-state index contributed by atoms with van der Waals surface area (Å²) in [5, 5.41) is 0.990. The summed E-state index contributed by atoms with van der Waals surface area (Å²) < 4.78 is 6.00. The van der Waals surface area contributed by atoms with Crippen molar-refractivity contribution < 1.29 is 4.42 Å². The maximum atomic E-state index is 6.00. The zero-order chi connectivity index (χ0) is 15.1. The molecule has 2 aromatic heterocycles. The Hall–Kier alpha value is -2.88. The Kier molecular flexibility index (Phi) is 2.82. The number of oxazole rings is 1. The molecule has 0 saturated carbocycles. The fraction of sp³-hybridized carbons (Fsp3) is 0.111. The summed E-state index contributed by atoms with van der Waals surface area (Å²) >= 11 is 0. The summed E-state index contributed by atoms with van der Waals surface area (Å²) in [6.45, 7) is 0. The average molecular weight is 289 g/mol. The Morgan fingerprint density at radius 2 is 1.68 bits per heavy atom. The largest absolute Gasteiger partial charge is 0.435 e. The first kappa shape index (κ1) is 12.8. The summed E-state index contributed by atoms with van der Waals surface area (Å²) in [7, 11) is 4.04. The molecule has 0 amide bonds. The second kappa shape index (κ2) is 4.84. The quantitative estimate of drug-likeness (QED) is 0.557. The maximum absolute atomic E-state index is 6.00. The van der Waals surface area contributed by atoms with Gasteiger partial charge in [0, 0.05) is 30.7 Å². The Morgan fingerprint density at radius 1 is 0.909 bits per heavy atom. The molecule has 2 aromatic carbocycles. The van der Waals surface area contributed by atoms with Crippen LogP contribution in [0.3, 0.4) is 0 Å². The van der Waals surface area contributed by atoms with Crippen LogP contribution in [-0.4, -0.2) is 24.1 Å². The van der Waals surface area contributed by atoms with Crippen molar-refractivity contribution in [2.75, 3.05) is 19.0 Å². The van der Waals surface area contributed by atoms with Crippen LogP contribution in [0.1, 0.15) is 0 Å². The predicted octanol–water partition coefficient (Wildman–Crippen LogP) is 4.11. The Balaban J connectivity index is 1.87. The molecule has 0 bridgehead atoms. The molecule has 0 unspecified atom stereocenters. The summed E-state index contributed by atoms with van der Waals surface area (Å²) in [4.78, 5) is 11.1. The molecule has 0 atom stereocenters. The molecule has 0 N–H and O–H groups in total. The van der Waals surface area contributed by atoms with Crippen LogP contribution in [0.25, 0.3) is 33.5 Å². The Bertz CT molecular complexity index is 955. The van der Waals surface area contributed by atoms with Crippen LogP contribution in [0.5, 0.6) is 0 Å². The van der Waals surface area contributed by atoms with Crippen LogP contribution >= 0.6 is 0 Å². The maximum Gasteiger partial charge on any atom is 0.227 e. The van der Waals surface area contributed by atoms with Gasteiger partial charge < -0.3 is 9.32 Å².